The van der Waals surface area contributed by atoms with Crippen LogP contribution >= 0.6 is 0 Å². The standard InChI is InChI=1S/C41H46FN5O3/c1-5-25-14-33-35(16-31(25)32-15-29(48)13-26-7-10-34(42)30(6-2)36(26)32)44-38(45-37(33)47-17-27-8-9-28(18-47)43-27)50-24-41(11-12-41)21-46-19-39(3)22-49-23-40(39,4)20-46/h2,7,10,13-16,27-28,43,48H,5,8-9,11-12,17-24H2,1,3-4H3/t27?,28?,39-,40-/m0/s1. The maximum atomic E-state index is 15.1. The first-order valence-corrected chi connectivity index (χ1v) is 18.3. The summed E-state index contributed by atoms with van der Waals surface area (Å²) >= 11 is 0. The molecule has 5 fully saturated rings. The highest BCUT2D eigenvalue weighted by atomic mass is 19.1. The van der Waals surface area contributed by atoms with E-state index >= 15 is 4.39 Å². The lowest BCUT2D eigenvalue weighted by atomic mass is 9.71. The van der Waals surface area contributed by atoms with Gasteiger partial charge in [0.1, 0.15) is 17.4 Å². The minimum absolute atomic E-state index is 0.0970. The Labute approximate surface area is 293 Å². The van der Waals surface area contributed by atoms with Crippen LogP contribution in [0.4, 0.5) is 10.2 Å². The summed E-state index contributed by atoms with van der Waals surface area (Å²) in [4.78, 5) is 15.2. The number of halogens is 1. The van der Waals surface area contributed by atoms with Gasteiger partial charge in [-0.1, -0.05) is 32.8 Å². The number of phenols is 1. The number of anilines is 1. The number of likely N-dealkylation sites (tertiary alicyclic amines) is 1. The van der Waals surface area contributed by atoms with Gasteiger partial charge in [-0.2, -0.15) is 9.97 Å². The lowest BCUT2D eigenvalue weighted by Crippen LogP contribution is -2.51. The summed E-state index contributed by atoms with van der Waals surface area (Å²) in [5.41, 5.74) is 4.06. The van der Waals surface area contributed by atoms with Crippen molar-refractivity contribution in [1.29, 1.82) is 0 Å². The molecular formula is C41H46FN5O3. The quantitative estimate of drug-likeness (QED) is 0.211. The molecule has 1 saturated carbocycles. The summed E-state index contributed by atoms with van der Waals surface area (Å²) in [7, 11) is 0. The Morgan fingerprint density at radius 2 is 1.78 bits per heavy atom. The zero-order valence-corrected chi connectivity index (χ0v) is 29.3. The van der Waals surface area contributed by atoms with Gasteiger partial charge in [0.2, 0.25) is 0 Å². The van der Waals surface area contributed by atoms with E-state index in [9.17, 15) is 5.11 Å². The molecule has 0 spiro atoms. The number of nitrogens with one attached hydrogen (secondary N) is 1. The summed E-state index contributed by atoms with van der Waals surface area (Å²) < 4.78 is 27.6. The molecule has 2 bridgehead atoms. The molecule has 5 aliphatic rings. The topological polar surface area (TPSA) is 83.0 Å². The summed E-state index contributed by atoms with van der Waals surface area (Å²) in [6.07, 6.45) is 11.2. The molecule has 9 heteroatoms. The summed E-state index contributed by atoms with van der Waals surface area (Å²) in [5.74, 6) is 3.11. The Hall–Kier alpha value is -3.97. The second-order valence-electron chi connectivity index (χ2n) is 16.5. The molecule has 4 saturated heterocycles. The van der Waals surface area contributed by atoms with Crippen LogP contribution in [0.2, 0.25) is 0 Å². The first kappa shape index (κ1) is 32.0. The normalized spacial score (nSPS) is 28.3. The number of benzene rings is 3. The van der Waals surface area contributed by atoms with Crippen molar-refractivity contribution in [2.75, 3.05) is 57.4 Å². The van der Waals surface area contributed by atoms with Crippen molar-refractivity contribution < 1.29 is 19.0 Å². The molecule has 0 radical (unpaired) electrons. The Kier molecular flexibility index (Phi) is 7.37. The van der Waals surface area contributed by atoms with Gasteiger partial charge >= 0.3 is 6.01 Å². The number of aryl methyl sites for hydroxylation is 1. The molecule has 4 atom stereocenters. The van der Waals surface area contributed by atoms with Crippen LogP contribution in [0, 0.1) is 34.4 Å². The van der Waals surface area contributed by atoms with E-state index < -0.39 is 5.82 Å². The molecule has 8 nitrogen and oxygen atoms in total. The highest BCUT2D eigenvalue weighted by molar-refractivity contribution is 6.04. The van der Waals surface area contributed by atoms with E-state index in [0.717, 1.165) is 93.0 Å². The van der Waals surface area contributed by atoms with E-state index in [0.29, 0.717) is 41.0 Å². The maximum Gasteiger partial charge on any atom is 0.318 e. The Morgan fingerprint density at radius 1 is 1.04 bits per heavy atom. The number of rotatable bonds is 8. The van der Waals surface area contributed by atoms with Gasteiger partial charge in [0.05, 0.1) is 30.9 Å². The van der Waals surface area contributed by atoms with Crippen LogP contribution in [-0.4, -0.2) is 84.6 Å². The fraction of sp³-hybridized carbons (Fsp3) is 0.512. The Bertz CT molecular complexity index is 2050. The van der Waals surface area contributed by atoms with Gasteiger partial charge in [0.15, 0.2) is 0 Å². The van der Waals surface area contributed by atoms with E-state index in [2.05, 4.69) is 53.9 Å². The highest BCUT2D eigenvalue weighted by Crippen LogP contribution is 2.54. The van der Waals surface area contributed by atoms with Gasteiger partial charge in [0, 0.05) is 71.8 Å². The number of fused-ring (bicyclic) bond motifs is 5. The number of aromatic hydroxyl groups is 1. The molecule has 2 N–H and O–H groups in total. The van der Waals surface area contributed by atoms with Crippen LogP contribution in [-0.2, 0) is 11.2 Å². The SMILES string of the molecule is C#Cc1c(F)ccc2cc(O)cc(-c3cc4nc(OCC5(CN6C[C@@]7(C)COC[C@]7(C)C6)CC5)nc(N5CC6CCC(C5)N6)c4cc3CC)c12. The van der Waals surface area contributed by atoms with Crippen molar-refractivity contribution >= 4 is 27.5 Å². The highest BCUT2D eigenvalue weighted by Gasteiger charge is 2.57. The van der Waals surface area contributed by atoms with Crippen LogP contribution in [0.15, 0.2) is 36.4 Å². The number of aromatic nitrogens is 2. The molecule has 9 rings (SSSR count). The third kappa shape index (κ3) is 5.22. The average Bonchev–Trinajstić information content (AvgIpc) is 3.60. The molecule has 2 unspecified atom stereocenters. The van der Waals surface area contributed by atoms with E-state index in [1.54, 1.807) is 18.2 Å². The predicted octanol–water partition coefficient (Wildman–Crippen LogP) is 6.30. The molecule has 0 amide bonds. The van der Waals surface area contributed by atoms with Crippen LogP contribution in [0.5, 0.6) is 11.8 Å². The van der Waals surface area contributed by atoms with Gasteiger partial charge < -0.3 is 29.7 Å². The summed E-state index contributed by atoms with van der Waals surface area (Å²) in [6, 6.07) is 11.9. The van der Waals surface area contributed by atoms with E-state index in [4.69, 9.17) is 25.9 Å². The Balaban J connectivity index is 1.10. The number of hydrogen-bond acceptors (Lipinski definition) is 8. The molecule has 50 heavy (non-hydrogen) atoms. The number of terminal acetylenes is 1. The second-order valence-corrected chi connectivity index (χ2v) is 16.5. The molecule has 4 aromatic rings. The lowest BCUT2D eigenvalue weighted by molar-refractivity contribution is 0.112. The van der Waals surface area contributed by atoms with Crippen molar-refractivity contribution in [2.45, 2.75) is 65.0 Å². The average molecular weight is 676 g/mol. The van der Waals surface area contributed by atoms with E-state index in [1.165, 1.54) is 18.9 Å². The van der Waals surface area contributed by atoms with Crippen molar-refractivity contribution in [3.05, 3.63) is 53.3 Å². The fourth-order valence-electron chi connectivity index (χ4n) is 9.48. The number of nitrogens with zero attached hydrogens (tertiary/aromatic N) is 4. The molecule has 1 aromatic heterocycles. The van der Waals surface area contributed by atoms with E-state index in [-0.39, 0.29) is 27.6 Å². The molecule has 3 aromatic carbocycles. The van der Waals surface area contributed by atoms with Gasteiger partial charge in [-0.25, -0.2) is 4.39 Å². The third-order valence-electron chi connectivity index (χ3n) is 12.7. The van der Waals surface area contributed by atoms with Gasteiger partial charge in [-0.15, -0.1) is 6.42 Å². The molecule has 1 aliphatic carbocycles. The largest absolute Gasteiger partial charge is 0.508 e. The number of hydrogen-bond donors (Lipinski definition) is 2. The van der Waals surface area contributed by atoms with Crippen molar-refractivity contribution in [3.8, 4) is 35.2 Å². The van der Waals surface area contributed by atoms with Gasteiger partial charge in [-0.05, 0) is 84.5 Å². The second kappa shape index (κ2) is 11.5. The summed E-state index contributed by atoms with van der Waals surface area (Å²) in [6.45, 7) is 14.0. The molecule has 5 heterocycles. The predicted molar refractivity (Wildman–Crippen MR) is 194 cm³/mol. The smallest absolute Gasteiger partial charge is 0.318 e. The first-order valence-electron chi connectivity index (χ1n) is 18.3. The fourth-order valence-corrected chi connectivity index (χ4v) is 9.48. The zero-order chi connectivity index (χ0) is 34.4. The maximum absolute atomic E-state index is 15.1. The first-order chi connectivity index (χ1) is 24.1. The zero-order valence-electron chi connectivity index (χ0n) is 29.3. The molecule has 4 aliphatic heterocycles. The molecular weight excluding hydrogens is 629 g/mol. The number of phenolic OH excluding ortho intramolecular Hbond substituents is 1. The van der Waals surface area contributed by atoms with Crippen molar-refractivity contribution in [1.82, 2.24) is 20.2 Å². The number of piperazine rings is 1. The molecule has 260 valence electrons. The van der Waals surface area contributed by atoms with Crippen LogP contribution in [0.3, 0.4) is 0 Å². The summed E-state index contributed by atoms with van der Waals surface area (Å²) in [5, 5.41) is 16.8. The van der Waals surface area contributed by atoms with Gasteiger partial charge in [0.25, 0.3) is 0 Å². The minimum Gasteiger partial charge on any atom is -0.508 e. The van der Waals surface area contributed by atoms with Crippen LogP contribution < -0.4 is 15.0 Å². The van der Waals surface area contributed by atoms with Crippen molar-refractivity contribution in [3.63, 3.8) is 0 Å². The minimum atomic E-state index is -0.456. The number of ether oxygens (including phenoxy) is 2. The Morgan fingerprint density at radius 3 is 2.46 bits per heavy atom. The van der Waals surface area contributed by atoms with Gasteiger partial charge in [-0.3, -0.25) is 0 Å². The van der Waals surface area contributed by atoms with Crippen LogP contribution in [0.1, 0.15) is 57.6 Å². The lowest BCUT2D eigenvalue weighted by Gasteiger charge is -2.34. The monoisotopic (exact) mass is 675 g/mol. The van der Waals surface area contributed by atoms with E-state index in [1.807, 2.05) is 0 Å². The van der Waals surface area contributed by atoms with Crippen LogP contribution in [0.25, 0.3) is 32.8 Å². The third-order valence-corrected chi connectivity index (χ3v) is 12.7. The van der Waals surface area contributed by atoms with Crippen molar-refractivity contribution in [2.24, 2.45) is 16.2 Å².